The minimum absolute atomic E-state index is 0.125. The highest BCUT2D eigenvalue weighted by Gasteiger charge is 2.23. The van der Waals surface area contributed by atoms with E-state index in [2.05, 4.69) is 17.1 Å². The molecule has 1 unspecified atom stereocenters. The molecular formula is C28H26N4O3. The summed E-state index contributed by atoms with van der Waals surface area (Å²) in [6, 6.07) is 21.5. The summed E-state index contributed by atoms with van der Waals surface area (Å²) in [5, 5.41) is 4.78. The first-order valence-electron chi connectivity index (χ1n) is 11.5. The number of para-hydroxylation sites is 2. The lowest BCUT2D eigenvalue weighted by Gasteiger charge is -2.29. The second-order valence-electron chi connectivity index (χ2n) is 8.41. The predicted molar refractivity (Wildman–Crippen MR) is 134 cm³/mol. The predicted octanol–water partition coefficient (Wildman–Crippen LogP) is 4.31. The van der Waals surface area contributed by atoms with Crippen LogP contribution in [0.3, 0.4) is 0 Å². The van der Waals surface area contributed by atoms with E-state index in [0.29, 0.717) is 25.4 Å². The van der Waals surface area contributed by atoms with Gasteiger partial charge in [-0.25, -0.2) is 0 Å². The third-order valence-electron chi connectivity index (χ3n) is 5.74. The zero-order chi connectivity index (χ0) is 24.0. The van der Waals surface area contributed by atoms with Crippen LogP contribution in [0.25, 0.3) is 17.3 Å². The highest BCUT2D eigenvalue weighted by atomic mass is 16.6. The topological polar surface area (TPSA) is 69.5 Å². The number of amides is 1. The number of fused-ring (bicyclic) bond motifs is 1. The van der Waals surface area contributed by atoms with Crippen molar-refractivity contribution in [2.45, 2.75) is 12.6 Å². The van der Waals surface area contributed by atoms with Crippen molar-refractivity contribution in [2.75, 3.05) is 20.2 Å². The summed E-state index contributed by atoms with van der Waals surface area (Å²) in [6.45, 7) is 1.45. The van der Waals surface area contributed by atoms with Gasteiger partial charge in [-0.1, -0.05) is 42.5 Å². The van der Waals surface area contributed by atoms with Gasteiger partial charge in [-0.3, -0.25) is 14.5 Å². The number of hydrogen-bond donors (Lipinski definition) is 0. The molecule has 0 fully saturated rings. The number of ether oxygens (including phenoxy) is 2. The zero-order valence-corrected chi connectivity index (χ0v) is 19.4. The zero-order valence-electron chi connectivity index (χ0n) is 19.4. The van der Waals surface area contributed by atoms with Crippen molar-refractivity contribution in [2.24, 2.45) is 0 Å². The number of pyridine rings is 1. The molecule has 1 amide bonds. The van der Waals surface area contributed by atoms with E-state index < -0.39 is 0 Å². The summed E-state index contributed by atoms with van der Waals surface area (Å²) >= 11 is 0. The largest absolute Gasteiger partial charge is 0.486 e. The van der Waals surface area contributed by atoms with Crippen molar-refractivity contribution in [3.05, 3.63) is 103 Å². The molecule has 0 N–H and O–H groups in total. The highest BCUT2D eigenvalue weighted by Crippen LogP contribution is 2.31. The second kappa shape index (κ2) is 10.3. The summed E-state index contributed by atoms with van der Waals surface area (Å²) in [6.07, 6.45) is 8.61. The summed E-state index contributed by atoms with van der Waals surface area (Å²) < 4.78 is 13.6. The Morgan fingerprint density at radius 3 is 2.69 bits per heavy atom. The summed E-state index contributed by atoms with van der Waals surface area (Å²) in [4.78, 5) is 18.7. The molecule has 35 heavy (non-hydrogen) atoms. The molecule has 0 bridgehead atoms. The Kier molecular flexibility index (Phi) is 6.57. The summed E-state index contributed by atoms with van der Waals surface area (Å²) in [7, 11) is 1.76. The Morgan fingerprint density at radius 2 is 1.89 bits per heavy atom. The van der Waals surface area contributed by atoms with E-state index in [1.54, 1.807) is 30.4 Å². The van der Waals surface area contributed by atoms with E-state index in [1.807, 2.05) is 71.6 Å². The number of rotatable bonds is 7. The Balaban J connectivity index is 1.30. The maximum Gasteiger partial charge on any atom is 0.246 e. The number of aromatic nitrogens is 3. The van der Waals surface area contributed by atoms with Gasteiger partial charge in [0.25, 0.3) is 0 Å². The fourth-order valence-electron chi connectivity index (χ4n) is 3.97. The van der Waals surface area contributed by atoms with E-state index in [4.69, 9.17) is 14.6 Å². The van der Waals surface area contributed by atoms with Crippen molar-refractivity contribution in [3.63, 3.8) is 0 Å². The molecule has 2 aromatic carbocycles. The Labute approximate surface area is 204 Å². The maximum absolute atomic E-state index is 12.9. The molecule has 1 aliphatic heterocycles. The fraction of sp³-hybridized carbons (Fsp3) is 0.179. The van der Waals surface area contributed by atoms with Crippen LogP contribution >= 0.6 is 0 Å². The van der Waals surface area contributed by atoms with Gasteiger partial charge >= 0.3 is 0 Å². The van der Waals surface area contributed by atoms with Gasteiger partial charge in [-0.05, 0) is 35.9 Å². The third kappa shape index (κ3) is 5.41. The van der Waals surface area contributed by atoms with Crippen molar-refractivity contribution < 1.29 is 14.3 Å². The number of likely N-dealkylation sites (N-methyl/N-ethyl adjacent to an activating group) is 1. The maximum atomic E-state index is 12.9. The van der Waals surface area contributed by atoms with Crippen LogP contribution in [0.1, 0.15) is 11.1 Å². The molecule has 0 saturated heterocycles. The Hall–Kier alpha value is -4.39. The first-order chi connectivity index (χ1) is 17.2. The van der Waals surface area contributed by atoms with Crippen LogP contribution in [-0.4, -0.2) is 51.9 Å². The molecule has 176 valence electrons. The van der Waals surface area contributed by atoms with Gasteiger partial charge < -0.3 is 14.4 Å². The van der Waals surface area contributed by atoms with Gasteiger partial charge in [-0.15, -0.1) is 0 Å². The molecule has 0 aliphatic carbocycles. The first kappa shape index (κ1) is 22.4. The molecule has 0 spiro atoms. The standard InChI is InChI=1S/C28H26N4O3/c1-31(19-24-20-34-25-11-5-6-12-26(25)35-24)27(33)14-13-23-18-32(17-21-8-3-2-4-9-21)30-28(23)22-10-7-15-29-16-22/h2-16,18,24H,17,19-20H2,1H3/b14-13+. The monoisotopic (exact) mass is 466 g/mol. The molecular weight excluding hydrogens is 440 g/mol. The number of hydrogen-bond acceptors (Lipinski definition) is 5. The third-order valence-corrected chi connectivity index (χ3v) is 5.74. The molecule has 7 nitrogen and oxygen atoms in total. The van der Waals surface area contributed by atoms with Crippen molar-refractivity contribution in [1.82, 2.24) is 19.7 Å². The first-order valence-corrected chi connectivity index (χ1v) is 11.5. The van der Waals surface area contributed by atoms with Crippen LogP contribution in [0.2, 0.25) is 0 Å². The molecule has 7 heteroatoms. The minimum Gasteiger partial charge on any atom is -0.486 e. The molecule has 4 aromatic rings. The van der Waals surface area contributed by atoms with Crippen LogP contribution in [0.4, 0.5) is 0 Å². The average Bonchev–Trinajstić information content (AvgIpc) is 3.30. The van der Waals surface area contributed by atoms with Crippen LogP contribution in [0.5, 0.6) is 11.5 Å². The number of nitrogens with zero attached hydrogens (tertiary/aromatic N) is 4. The van der Waals surface area contributed by atoms with E-state index in [0.717, 1.165) is 28.1 Å². The van der Waals surface area contributed by atoms with Gasteiger partial charge in [0.05, 0.1) is 13.1 Å². The van der Waals surface area contributed by atoms with E-state index >= 15 is 0 Å². The van der Waals surface area contributed by atoms with Gasteiger partial charge in [0, 0.05) is 42.8 Å². The number of benzene rings is 2. The average molecular weight is 467 g/mol. The lowest BCUT2D eigenvalue weighted by atomic mass is 10.1. The van der Waals surface area contributed by atoms with E-state index in [1.165, 1.54) is 0 Å². The molecule has 2 aromatic heterocycles. The minimum atomic E-state index is -0.230. The van der Waals surface area contributed by atoms with Gasteiger partial charge in [0.1, 0.15) is 12.3 Å². The van der Waals surface area contributed by atoms with Crippen LogP contribution < -0.4 is 9.47 Å². The van der Waals surface area contributed by atoms with Gasteiger partial charge in [-0.2, -0.15) is 5.10 Å². The van der Waals surface area contributed by atoms with E-state index in [9.17, 15) is 4.79 Å². The van der Waals surface area contributed by atoms with Crippen LogP contribution in [0, 0.1) is 0 Å². The molecule has 0 radical (unpaired) electrons. The van der Waals surface area contributed by atoms with Crippen molar-refractivity contribution in [3.8, 4) is 22.8 Å². The Bertz CT molecular complexity index is 1320. The highest BCUT2D eigenvalue weighted by molar-refractivity contribution is 5.92. The Morgan fingerprint density at radius 1 is 1.09 bits per heavy atom. The van der Waals surface area contributed by atoms with Crippen LogP contribution in [-0.2, 0) is 11.3 Å². The normalized spacial score (nSPS) is 14.7. The van der Waals surface area contributed by atoms with Gasteiger partial charge in [0.2, 0.25) is 5.91 Å². The smallest absolute Gasteiger partial charge is 0.246 e. The van der Waals surface area contributed by atoms with Crippen LogP contribution in [0.15, 0.2) is 91.4 Å². The second-order valence-corrected chi connectivity index (χ2v) is 8.41. The quantitative estimate of drug-likeness (QED) is 0.380. The lowest BCUT2D eigenvalue weighted by molar-refractivity contribution is -0.126. The lowest BCUT2D eigenvalue weighted by Crippen LogP contribution is -2.41. The molecule has 1 atom stereocenters. The molecule has 1 aliphatic rings. The summed E-state index contributed by atoms with van der Waals surface area (Å²) in [5.41, 5.74) is 3.67. The SMILES string of the molecule is CN(CC1COc2ccccc2O1)C(=O)/C=C/c1cn(Cc2ccccc2)nc1-c1cccnc1. The molecule has 3 heterocycles. The fourth-order valence-corrected chi connectivity index (χ4v) is 3.97. The number of carbonyl (C=O) groups excluding carboxylic acids is 1. The molecule has 5 rings (SSSR count). The van der Waals surface area contributed by atoms with Gasteiger partial charge in [0.15, 0.2) is 17.6 Å². The van der Waals surface area contributed by atoms with Crippen molar-refractivity contribution >= 4 is 12.0 Å². The molecule has 0 saturated carbocycles. The number of carbonyl (C=O) groups is 1. The summed E-state index contributed by atoms with van der Waals surface area (Å²) in [5.74, 6) is 1.31. The van der Waals surface area contributed by atoms with Crippen molar-refractivity contribution in [1.29, 1.82) is 0 Å². The van der Waals surface area contributed by atoms with E-state index in [-0.39, 0.29) is 12.0 Å².